The van der Waals surface area contributed by atoms with E-state index in [4.69, 9.17) is 0 Å². The number of pyridine rings is 1. The summed E-state index contributed by atoms with van der Waals surface area (Å²) in [5.41, 5.74) is 2.03. The molecule has 0 amide bonds. The number of aryl methyl sites for hydroxylation is 1. The number of rotatable bonds is 8. The first-order chi connectivity index (χ1) is 12.6. The second-order valence-corrected chi connectivity index (χ2v) is 7.51. The van der Waals surface area contributed by atoms with Crippen molar-refractivity contribution in [3.63, 3.8) is 0 Å². The first kappa shape index (κ1) is 17.8. The molecule has 134 valence electrons. The van der Waals surface area contributed by atoms with Gasteiger partial charge in [0.25, 0.3) is 0 Å². The van der Waals surface area contributed by atoms with Gasteiger partial charge in [0.2, 0.25) is 10.0 Å². The fourth-order valence-corrected chi connectivity index (χ4v) is 3.32. The van der Waals surface area contributed by atoms with Crippen molar-refractivity contribution in [1.29, 1.82) is 0 Å². The van der Waals surface area contributed by atoms with Crippen LogP contribution in [0.1, 0.15) is 11.1 Å². The Balaban J connectivity index is 1.53. The largest absolute Gasteiger partial charge is 0.365 e. The number of hydrogen-bond donors (Lipinski definition) is 2. The van der Waals surface area contributed by atoms with Crippen LogP contribution in [0.5, 0.6) is 0 Å². The molecule has 0 spiro atoms. The minimum absolute atomic E-state index is 0.0132. The summed E-state index contributed by atoms with van der Waals surface area (Å²) in [5, 5.41) is 11.0. The van der Waals surface area contributed by atoms with Crippen LogP contribution in [-0.4, -0.2) is 29.4 Å². The van der Waals surface area contributed by atoms with Crippen LogP contribution in [-0.2, 0) is 23.0 Å². The van der Waals surface area contributed by atoms with Gasteiger partial charge in [0.1, 0.15) is 5.82 Å². The van der Waals surface area contributed by atoms with E-state index >= 15 is 0 Å². The molecular weight excluding hydrogens is 350 g/mol. The Morgan fingerprint density at radius 1 is 0.808 bits per heavy atom. The Morgan fingerprint density at radius 2 is 1.50 bits per heavy atom. The van der Waals surface area contributed by atoms with Crippen LogP contribution in [0.3, 0.4) is 0 Å². The number of aromatic nitrogens is 3. The minimum Gasteiger partial charge on any atom is -0.365 e. The predicted molar refractivity (Wildman–Crippen MR) is 101 cm³/mol. The highest BCUT2D eigenvalue weighted by molar-refractivity contribution is 7.92. The summed E-state index contributed by atoms with van der Waals surface area (Å²) in [7, 11) is -3.48. The van der Waals surface area contributed by atoms with Crippen LogP contribution in [0.15, 0.2) is 67.0 Å². The molecule has 0 saturated carbocycles. The van der Waals surface area contributed by atoms with Gasteiger partial charge in [-0.15, -0.1) is 10.2 Å². The number of sulfonamides is 1. The quantitative estimate of drug-likeness (QED) is 0.633. The van der Waals surface area contributed by atoms with E-state index in [0.717, 1.165) is 11.1 Å². The normalized spacial score (nSPS) is 11.1. The van der Waals surface area contributed by atoms with E-state index in [2.05, 4.69) is 25.2 Å². The highest BCUT2D eigenvalue weighted by Crippen LogP contribution is 2.10. The Labute approximate surface area is 152 Å². The van der Waals surface area contributed by atoms with Crippen LogP contribution >= 0.6 is 0 Å². The molecule has 0 radical (unpaired) electrons. The summed E-state index contributed by atoms with van der Waals surface area (Å²) in [5.74, 6) is 0.752. The monoisotopic (exact) mass is 369 g/mol. The van der Waals surface area contributed by atoms with Gasteiger partial charge in [-0.25, -0.2) is 8.42 Å². The Kier molecular flexibility index (Phi) is 5.75. The second-order valence-electron chi connectivity index (χ2n) is 5.67. The molecule has 0 saturated heterocycles. The molecule has 2 aromatic heterocycles. The molecule has 0 atom stereocenters. The maximum absolute atomic E-state index is 12.2. The second kappa shape index (κ2) is 8.39. The minimum atomic E-state index is -3.48. The van der Waals surface area contributed by atoms with Crippen molar-refractivity contribution in [2.75, 3.05) is 15.8 Å². The van der Waals surface area contributed by atoms with Gasteiger partial charge in [-0.2, -0.15) is 0 Å². The van der Waals surface area contributed by atoms with E-state index in [1.54, 1.807) is 24.5 Å². The van der Waals surface area contributed by atoms with Gasteiger partial charge in [0.05, 0.1) is 5.75 Å². The van der Waals surface area contributed by atoms with Crippen molar-refractivity contribution in [2.45, 2.75) is 13.0 Å². The van der Waals surface area contributed by atoms with E-state index in [1.807, 2.05) is 42.5 Å². The number of benzene rings is 1. The number of nitrogens with one attached hydrogen (secondary N) is 2. The standard InChI is InChI=1S/C18H19N5O2S/c24-26(25,13-10-15-4-2-1-3-5-15)23-18-7-6-17(21-22-18)20-14-16-8-11-19-12-9-16/h1-9,11-12H,10,13-14H2,(H,20,21)(H,22,23). The van der Waals surface area contributed by atoms with E-state index in [1.165, 1.54) is 0 Å². The van der Waals surface area contributed by atoms with E-state index < -0.39 is 10.0 Å². The summed E-state index contributed by atoms with van der Waals surface area (Å²) >= 11 is 0. The summed E-state index contributed by atoms with van der Waals surface area (Å²) in [6.45, 7) is 0.583. The van der Waals surface area contributed by atoms with Crippen molar-refractivity contribution < 1.29 is 8.42 Å². The molecule has 8 heteroatoms. The summed E-state index contributed by atoms with van der Waals surface area (Å²) in [6.07, 6.45) is 3.88. The Bertz CT molecular complexity index is 917. The van der Waals surface area contributed by atoms with E-state index in [0.29, 0.717) is 18.8 Å². The molecular formula is C18H19N5O2S. The van der Waals surface area contributed by atoms with E-state index in [9.17, 15) is 8.42 Å². The zero-order valence-electron chi connectivity index (χ0n) is 14.0. The Morgan fingerprint density at radius 3 is 2.19 bits per heavy atom. The third-order valence-electron chi connectivity index (χ3n) is 3.65. The number of nitrogens with zero attached hydrogens (tertiary/aromatic N) is 3. The Hall–Kier alpha value is -3.00. The molecule has 1 aromatic carbocycles. The molecule has 0 aliphatic carbocycles. The van der Waals surface area contributed by atoms with Crippen molar-refractivity contribution in [3.05, 3.63) is 78.1 Å². The summed E-state index contributed by atoms with van der Waals surface area (Å²) < 4.78 is 26.8. The first-order valence-electron chi connectivity index (χ1n) is 8.12. The fourth-order valence-electron chi connectivity index (χ4n) is 2.28. The van der Waals surface area contributed by atoms with Gasteiger partial charge >= 0.3 is 0 Å². The van der Waals surface area contributed by atoms with Crippen LogP contribution in [0.2, 0.25) is 0 Å². The lowest BCUT2D eigenvalue weighted by Gasteiger charge is -2.08. The topological polar surface area (TPSA) is 96.9 Å². The van der Waals surface area contributed by atoms with Crippen molar-refractivity contribution >= 4 is 21.7 Å². The molecule has 3 aromatic rings. The first-order valence-corrected chi connectivity index (χ1v) is 9.77. The van der Waals surface area contributed by atoms with Gasteiger partial charge in [-0.1, -0.05) is 30.3 Å². The summed E-state index contributed by atoms with van der Waals surface area (Å²) in [6, 6.07) is 16.5. The van der Waals surface area contributed by atoms with E-state index in [-0.39, 0.29) is 11.6 Å². The summed E-state index contributed by atoms with van der Waals surface area (Å²) in [4.78, 5) is 3.96. The maximum Gasteiger partial charge on any atom is 0.234 e. The lowest BCUT2D eigenvalue weighted by Crippen LogP contribution is -2.19. The molecule has 0 bridgehead atoms. The van der Waals surface area contributed by atoms with Crippen LogP contribution in [0, 0.1) is 0 Å². The van der Waals surface area contributed by atoms with Gasteiger partial charge < -0.3 is 5.32 Å². The third-order valence-corrected chi connectivity index (χ3v) is 4.91. The predicted octanol–water partition coefficient (Wildman–Crippen LogP) is 2.47. The van der Waals surface area contributed by atoms with Crippen LogP contribution in [0.25, 0.3) is 0 Å². The van der Waals surface area contributed by atoms with Gasteiger partial charge in [-0.3, -0.25) is 9.71 Å². The van der Waals surface area contributed by atoms with Crippen LogP contribution in [0.4, 0.5) is 11.6 Å². The molecule has 3 rings (SSSR count). The molecule has 0 aliphatic rings. The van der Waals surface area contributed by atoms with Crippen molar-refractivity contribution in [2.24, 2.45) is 0 Å². The third kappa shape index (κ3) is 5.52. The van der Waals surface area contributed by atoms with Crippen LogP contribution < -0.4 is 10.0 Å². The van der Waals surface area contributed by atoms with Crippen molar-refractivity contribution in [3.8, 4) is 0 Å². The van der Waals surface area contributed by atoms with Gasteiger partial charge in [0.15, 0.2) is 5.82 Å². The molecule has 0 fully saturated rings. The highest BCUT2D eigenvalue weighted by atomic mass is 32.2. The average molecular weight is 369 g/mol. The lowest BCUT2D eigenvalue weighted by atomic mass is 10.2. The average Bonchev–Trinajstić information content (AvgIpc) is 2.67. The fraction of sp³-hybridized carbons (Fsp3) is 0.167. The molecule has 26 heavy (non-hydrogen) atoms. The number of hydrogen-bond acceptors (Lipinski definition) is 6. The lowest BCUT2D eigenvalue weighted by molar-refractivity contribution is 0.600. The molecule has 0 unspecified atom stereocenters. The highest BCUT2D eigenvalue weighted by Gasteiger charge is 2.12. The number of anilines is 2. The molecule has 7 nitrogen and oxygen atoms in total. The SMILES string of the molecule is O=S(=O)(CCc1ccccc1)Nc1ccc(NCc2ccncc2)nn1. The van der Waals surface area contributed by atoms with Gasteiger partial charge in [0, 0.05) is 18.9 Å². The molecule has 0 aliphatic heterocycles. The van der Waals surface area contributed by atoms with Crippen molar-refractivity contribution in [1.82, 2.24) is 15.2 Å². The zero-order valence-corrected chi connectivity index (χ0v) is 14.9. The molecule has 2 N–H and O–H groups in total. The molecule has 2 heterocycles. The smallest absolute Gasteiger partial charge is 0.234 e. The zero-order chi connectivity index (χ0) is 18.2. The maximum atomic E-state index is 12.2. The van der Waals surface area contributed by atoms with Gasteiger partial charge in [-0.05, 0) is 41.8 Å².